The smallest absolute Gasteiger partial charge is 0.0646 e. The third-order valence-corrected chi connectivity index (χ3v) is 3.55. The molecule has 0 radical (unpaired) electrons. The highest BCUT2D eigenvalue weighted by molar-refractivity contribution is 7.80. The molecule has 0 spiro atoms. The normalized spacial score (nSPS) is 10.8. The van der Waals surface area contributed by atoms with Gasteiger partial charge in [0, 0.05) is 20.4 Å². The van der Waals surface area contributed by atoms with Crippen LogP contribution in [0.1, 0.15) is 0 Å². The summed E-state index contributed by atoms with van der Waals surface area (Å²) in [5, 5.41) is 3.47. The van der Waals surface area contributed by atoms with E-state index >= 15 is 0 Å². The lowest BCUT2D eigenvalue weighted by Crippen LogP contribution is -1.81. The number of rotatable bonds is 0. The highest BCUT2D eigenvalue weighted by Gasteiger charge is 2.07. The van der Waals surface area contributed by atoms with Gasteiger partial charge in [-0.1, -0.05) is 11.6 Å². The van der Waals surface area contributed by atoms with Crippen LogP contribution >= 0.6 is 35.6 Å². The molecule has 0 saturated carbocycles. The molecule has 0 fully saturated rings. The van der Waals surface area contributed by atoms with Gasteiger partial charge in [0.25, 0.3) is 0 Å². The molecular weight excluding hydrogens is 210 g/mol. The first-order valence-electron chi connectivity index (χ1n) is 3.34. The maximum Gasteiger partial charge on any atom is 0.0646 e. The third-order valence-electron chi connectivity index (χ3n) is 1.68. The second-order valence-electron chi connectivity index (χ2n) is 2.46. The van der Waals surface area contributed by atoms with E-state index in [-0.39, 0.29) is 0 Å². The highest BCUT2D eigenvalue weighted by atomic mass is 35.5. The fraction of sp³-hybridized carbons (Fsp3) is 0. The predicted molar refractivity (Wildman–Crippen MR) is 58.5 cm³/mol. The molecule has 1 aromatic carbocycles. The second kappa shape index (κ2) is 2.83. The van der Waals surface area contributed by atoms with Crippen LogP contribution in [-0.4, -0.2) is 0 Å². The fourth-order valence-electron chi connectivity index (χ4n) is 1.10. The minimum Gasteiger partial charge on any atom is -0.398 e. The van der Waals surface area contributed by atoms with Gasteiger partial charge in [-0.2, -0.15) is 0 Å². The maximum absolute atomic E-state index is 6.02. The van der Waals surface area contributed by atoms with Gasteiger partial charge in [0.2, 0.25) is 0 Å². The molecular formula is C8H6ClNS2. The molecule has 12 heavy (non-hydrogen) atoms. The Morgan fingerprint density at radius 1 is 1.42 bits per heavy atom. The van der Waals surface area contributed by atoms with E-state index in [1.165, 1.54) is 0 Å². The summed E-state index contributed by atoms with van der Waals surface area (Å²) in [5.41, 5.74) is 6.47. The average molecular weight is 216 g/mol. The summed E-state index contributed by atoms with van der Waals surface area (Å²) in [7, 11) is 0. The zero-order valence-corrected chi connectivity index (χ0v) is 8.51. The molecule has 1 nitrogen and oxygen atoms in total. The summed E-state index contributed by atoms with van der Waals surface area (Å²) in [6, 6.07) is 3.86. The summed E-state index contributed by atoms with van der Waals surface area (Å²) < 4.78 is 1.11. The quantitative estimate of drug-likeness (QED) is 0.647. The Hall–Kier alpha value is -0.380. The van der Waals surface area contributed by atoms with Crippen molar-refractivity contribution in [1.29, 1.82) is 0 Å². The van der Waals surface area contributed by atoms with E-state index < -0.39 is 0 Å². The van der Waals surface area contributed by atoms with Crippen LogP contribution in [0.5, 0.6) is 0 Å². The van der Waals surface area contributed by atoms with E-state index in [2.05, 4.69) is 12.6 Å². The van der Waals surface area contributed by atoms with E-state index in [1.54, 1.807) is 11.3 Å². The van der Waals surface area contributed by atoms with Crippen LogP contribution in [0.15, 0.2) is 22.4 Å². The van der Waals surface area contributed by atoms with E-state index in [9.17, 15) is 0 Å². The number of nitrogens with two attached hydrogens (primary N) is 1. The van der Waals surface area contributed by atoms with Crippen molar-refractivity contribution in [2.24, 2.45) is 0 Å². The van der Waals surface area contributed by atoms with Gasteiger partial charge < -0.3 is 5.73 Å². The Morgan fingerprint density at radius 2 is 2.17 bits per heavy atom. The maximum atomic E-state index is 6.02. The number of hydrogen-bond donors (Lipinski definition) is 2. The zero-order chi connectivity index (χ0) is 8.72. The van der Waals surface area contributed by atoms with E-state index in [0.29, 0.717) is 5.02 Å². The van der Waals surface area contributed by atoms with Gasteiger partial charge in [0.05, 0.1) is 10.7 Å². The Bertz CT molecular complexity index is 436. The Labute approximate surface area is 84.6 Å². The number of thiol groups is 1. The van der Waals surface area contributed by atoms with Gasteiger partial charge in [-0.25, -0.2) is 0 Å². The van der Waals surface area contributed by atoms with Gasteiger partial charge in [0.1, 0.15) is 0 Å². The lowest BCUT2D eigenvalue weighted by Gasteiger charge is -1.98. The van der Waals surface area contributed by atoms with Crippen LogP contribution in [0, 0.1) is 0 Å². The van der Waals surface area contributed by atoms with Crippen molar-refractivity contribution in [1.82, 2.24) is 0 Å². The lowest BCUT2D eigenvalue weighted by atomic mass is 10.2. The second-order valence-corrected chi connectivity index (χ2v) is 4.23. The number of hydrogen-bond acceptors (Lipinski definition) is 3. The SMILES string of the molecule is Nc1csc2ccc(S)c(Cl)c12. The van der Waals surface area contributed by atoms with Crippen LogP contribution < -0.4 is 5.73 Å². The van der Waals surface area contributed by atoms with Gasteiger partial charge in [0.15, 0.2) is 0 Å². The average Bonchev–Trinajstić information content (AvgIpc) is 2.41. The third kappa shape index (κ3) is 1.09. The first-order chi connectivity index (χ1) is 5.70. The van der Waals surface area contributed by atoms with Crippen LogP contribution in [-0.2, 0) is 0 Å². The molecule has 0 saturated heterocycles. The molecule has 2 N–H and O–H groups in total. The van der Waals surface area contributed by atoms with E-state index in [4.69, 9.17) is 17.3 Å². The summed E-state index contributed by atoms with van der Waals surface area (Å²) >= 11 is 11.8. The largest absolute Gasteiger partial charge is 0.398 e. The van der Waals surface area contributed by atoms with Crippen molar-refractivity contribution >= 4 is 51.3 Å². The molecule has 0 unspecified atom stereocenters. The molecule has 0 bridgehead atoms. The fourth-order valence-corrected chi connectivity index (χ4v) is 2.47. The Balaban J connectivity index is 2.96. The monoisotopic (exact) mass is 215 g/mol. The van der Waals surface area contributed by atoms with E-state index in [0.717, 1.165) is 20.7 Å². The van der Waals surface area contributed by atoms with Crippen molar-refractivity contribution in [3.8, 4) is 0 Å². The molecule has 1 aromatic heterocycles. The molecule has 0 atom stereocenters. The van der Waals surface area contributed by atoms with Crippen molar-refractivity contribution < 1.29 is 0 Å². The number of benzene rings is 1. The topological polar surface area (TPSA) is 26.0 Å². The lowest BCUT2D eigenvalue weighted by molar-refractivity contribution is 1.54. The number of halogens is 1. The molecule has 0 amide bonds. The Kier molecular flexibility index (Phi) is 1.94. The summed E-state index contributed by atoms with van der Waals surface area (Å²) in [6.45, 7) is 0. The summed E-state index contributed by atoms with van der Waals surface area (Å²) in [6.07, 6.45) is 0. The molecule has 0 aliphatic heterocycles. The van der Waals surface area contributed by atoms with Crippen LogP contribution in [0.3, 0.4) is 0 Å². The van der Waals surface area contributed by atoms with Crippen LogP contribution in [0.4, 0.5) is 5.69 Å². The van der Waals surface area contributed by atoms with Crippen LogP contribution in [0.25, 0.3) is 10.1 Å². The van der Waals surface area contributed by atoms with Gasteiger partial charge in [-0.3, -0.25) is 0 Å². The van der Waals surface area contributed by atoms with Crippen LogP contribution in [0.2, 0.25) is 5.02 Å². The zero-order valence-electron chi connectivity index (χ0n) is 6.04. The molecule has 1 heterocycles. The Morgan fingerprint density at radius 3 is 2.92 bits per heavy atom. The first-order valence-corrected chi connectivity index (χ1v) is 5.05. The van der Waals surface area contributed by atoms with Crippen molar-refractivity contribution in [3.05, 3.63) is 22.5 Å². The van der Waals surface area contributed by atoms with Crippen molar-refractivity contribution in [3.63, 3.8) is 0 Å². The summed E-state index contributed by atoms with van der Waals surface area (Å²) in [4.78, 5) is 0.772. The summed E-state index contributed by atoms with van der Waals surface area (Å²) in [5.74, 6) is 0. The highest BCUT2D eigenvalue weighted by Crippen LogP contribution is 2.37. The molecule has 0 aliphatic carbocycles. The number of anilines is 1. The molecule has 2 aromatic rings. The number of fused-ring (bicyclic) bond motifs is 1. The van der Waals surface area contributed by atoms with Gasteiger partial charge in [-0.15, -0.1) is 24.0 Å². The standard InChI is InChI=1S/C8H6ClNS2/c9-8-5(11)1-2-6-7(8)4(10)3-12-6/h1-3,11H,10H2. The first kappa shape index (κ1) is 8.23. The minimum absolute atomic E-state index is 0.648. The number of thiophene rings is 1. The van der Waals surface area contributed by atoms with E-state index in [1.807, 2.05) is 17.5 Å². The molecule has 0 aliphatic rings. The number of nitrogen functional groups attached to an aromatic ring is 1. The minimum atomic E-state index is 0.648. The van der Waals surface area contributed by atoms with Crippen molar-refractivity contribution in [2.45, 2.75) is 4.90 Å². The van der Waals surface area contributed by atoms with Gasteiger partial charge >= 0.3 is 0 Å². The van der Waals surface area contributed by atoms with Gasteiger partial charge in [-0.05, 0) is 12.1 Å². The molecule has 62 valence electrons. The predicted octanol–water partition coefficient (Wildman–Crippen LogP) is 3.43. The molecule has 2 rings (SSSR count). The van der Waals surface area contributed by atoms with Crippen molar-refractivity contribution in [2.75, 3.05) is 5.73 Å². The molecule has 4 heteroatoms.